The van der Waals surface area contributed by atoms with Crippen LogP contribution in [0.3, 0.4) is 0 Å². The van der Waals surface area contributed by atoms with Crippen LogP contribution in [0.1, 0.15) is 19.8 Å². The highest BCUT2D eigenvalue weighted by atomic mass is 79.9. The van der Waals surface area contributed by atoms with Gasteiger partial charge in [-0.05, 0) is 48.3 Å². The highest BCUT2D eigenvalue weighted by Crippen LogP contribution is 2.16. The standard InChI is InChI=1S/C11H16BrN3O2S/c1-8-11(3-2-4-14-8)15-18(16,17)10-5-9(12)6-13-7-10/h5-8,11,14-15H,2-4H2,1H3. The zero-order valence-electron chi connectivity index (χ0n) is 10.1. The van der Waals surface area contributed by atoms with E-state index in [9.17, 15) is 8.42 Å². The Kier molecular flexibility index (Phi) is 4.37. The molecule has 2 atom stereocenters. The largest absolute Gasteiger partial charge is 0.313 e. The van der Waals surface area contributed by atoms with Crippen LogP contribution in [0.2, 0.25) is 0 Å². The summed E-state index contributed by atoms with van der Waals surface area (Å²) in [5, 5.41) is 3.27. The summed E-state index contributed by atoms with van der Waals surface area (Å²) in [5.41, 5.74) is 0. The molecular weight excluding hydrogens is 318 g/mol. The van der Waals surface area contributed by atoms with Crippen LogP contribution < -0.4 is 10.0 Å². The first-order chi connectivity index (χ1) is 8.49. The van der Waals surface area contributed by atoms with E-state index >= 15 is 0 Å². The third-order valence-corrected chi connectivity index (χ3v) is 4.95. The second-order valence-corrected chi connectivity index (χ2v) is 7.08. The van der Waals surface area contributed by atoms with Crippen molar-refractivity contribution < 1.29 is 8.42 Å². The van der Waals surface area contributed by atoms with Gasteiger partial charge in [-0.15, -0.1) is 0 Å². The van der Waals surface area contributed by atoms with E-state index in [1.807, 2.05) is 6.92 Å². The van der Waals surface area contributed by atoms with Gasteiger partial charge in [-0.2, -0.15) is 0 Å². The Labute approximate surface area is 116 Å². The van der Waals surface area contributed by atoms with Crippen molar-refractivity contribution in [2.45, 2.75) is 36.7 Å². The molecule has 1 aromatic heterocycles. The van der Waals surface area contributed by atoms with Gasteiger partial charge in [0.2, 0.25) is 10.0 Å². The number of hydrogen-bond acceptors (Lipinski definition) is 4. The van der Waals surface area contributed by atoms with Crippen LogP contribution in [-0.4, -0.2) is 32.0 Å². The molecule has 0 saturated carbocycles. The second kappa shape index (κ2) is 5.64. The van der Waals surface area contributed by atoms with E-state index in [1.165, 1.54) is 6.20 Å². The van der Waals surface area contributed by atoms with Gasteiger partial charge in [0.15, 0.2) is 0 Å². The average Bonchev–Trinajstić information content (AvgIpc) is 2.32. The van der Waals surface area contributed by atoms with Crippen LogP contribution in [0.5, 0.6) is 0 Å². The van der Waals surface area contributed by atoms with E-state index in [0.29, 0.717) is 4.47 Å². The molecule has 5 nitrogen and oxygen atoms in total. The van der Waals surface area contributed by atoms with Gasteiger partial charge >= 0.3 is 0 Å². The number of sulfonamides is 1. The SMILES string of the molecule is CC1NCCCC1NS(=O)(=O)c1cncc(Br)c1. The van der Waals surface area contributed by atoms with Gasteiger partial charge in [-0.3, -0.25) is 4.98 Å². The Bertz CT molecular complexity index is 521. The highest BCUT2D eigenvalue weighted by molar-refractivity contribution is 9.10. The van der Waals surface area contributed by atoms with E-state index < -0.39 is 10.0 Å². The molecule has 0 spiro atoms. The molecule has 0 amide bonds. The number of pyridine rings is 1. The number of nitrogens with zero attached hydrogens (tertiary/aromatic N) is 1. The van der Waals surface area contributed by atoms with Crippen LogP contribution >= 0.6 is 15.9 Å². The van der Waals surface area contributed by atoms with Gasteiger partial charge < -0.3 is 5.32 Å². The Balaban J connectivity index is 2.16. The Morgan fingerprint density at radius 1 is 1.50 bits per heavy atom. The summed E-state index contributed by atoms with van der Waals surface area (Å²) in [6.45, 7) is 2.93. The molecule has 100 valence electrons. The van der Waals surface area contributed by atoms with Crippen molar-refractivity contribution in [1.82, 2.24) is 15.0 Å². The van der Waals surface area contributed by atoms with Crippen molar-refractivity contribution in [3.63, 3.8) is 0 Å². The molecule has 1 aliphatic rings. The van der Waals surface area contributed by atoms with Gasteiger partial charge in [-0.25, -0.2) is 13.1 Å². The maximum absolute atomic E-state index is 12.2. The fourth-order valence-electron chi connectivity index (χ4n) is 2.01. The van der Waals surface area contributed by atoms with Gasteiger partial charge in [-0.1, -0.05) is 0 Å². The predicted octanol–water partition coefficient (Wildman–Crippen LogP) is 1.26. The molecule has 7 heteroatoms. The lowest BCUT2D eigenvalue weighted by Crippen LogP contribution is -2.51. The fourth-order valence-corrected chi connectivity index (χ4v) is 3.87. The number of aromatic nitrogens is 1. The minimum absolute atomic E-state index is 0.0669. The topological polar surface area (TPSA) is 71.1 Å². The zero-order valence-corrected chi connectivity index (χ0v) is 12.5. The lowest BCUT2D eigenvalue weighted by molar-refractivity contribution is 0.349. The minimum atomic E-state index is -3.50. The molecule has 1 fully saturated rings. The number of piperidine rings is 1. The molecule has 0 radical (unpaired) electrons. The molecule has 2 rings (SSSR count). The van der Waals surface area contributed by atoms with Gasteiger partial charge in [0.1, 0.15) is 4.90 Å². The molecule has 1 aromatic rings. The quantitative estimate of drug-likeness (QED) is 0.873. The van der Waals surface area contributed by atoms with Crippen molar-refractivity contribution >= 4 is 26.0 Å². The summed E-state index contributed by atoms with van der Waals surface area (Å²) in [5.74, 6) is 0. The molecule has 2 unspecified atom stereocenters. The van der Waals surface area contributed by atoms with Crippen molar-refractivity contribution in [1.29, 1.82) is 0 Å². The predicted molar refractivity (Wildman–Crippen MR) is 72.7 cm³/mol. The summed E-state index contributed by atoms with van der Waals surface area (Å²) >= 11 is 3.22. The number of halogens is 1. The normalized spacial score (nSPS) is 25.0. The molecule has 2 heterocycles. The van der Waals surface area contributed by atoms with Gasteiger partial charge in [0.25, 0.3) is 0 Å². The van der Waals surface area contributed by atoms with Crippen molar-refractivity contribution in [2.24, 2.45) is 0 Å². The Morgan fingerprint density at radius 3 is 2.94 bits per heavy atom. The molecule has 1 saturated heterocycles. The molecule has 18 heavy (non-hydrogen) atoms. The van der Waals surface area contributed by atoms with Crippen molar-refractivity contribution in [3.8, 4) is 0 Å². The third kappa shape index (κ3) is 3.28. The molecular formula is C11H16BrN3O2S. The number of hydrogen-bond donors (Lipinski definition) is 2. The molecule has 0 aliphatic carbocycles. The third-order valence-electron chi connectivity index (χ3n) is 3.06. The first-order valence-corrected chi connectivity index (χ1v) is 8.13. The number of nitrogens with one attached hydrogen (secondary N) is 2. The lowest BCUT2D eigenvalue weighted by atomic mass is 10.0. The monoisotopic (exact) mass is 333 g/mol. The summed E-state index contributed by atoms with van der Waals surface area (Å²) < 4.78 is 27.8. The van der Waals surface area contributed by atoms with Crippen LogP contribution in [0.4, 0.5) is 0 Å². The summed E-state index contributed by atoms with van der Waals surface area (Å²) in [6, 6.07) is 1.63. The van der Waals surface area contributed by atoms with Gasteiger partial charge in [0, 0.05) is 29.0 Å². The fraction of sp³-hybridized carbons (Fsp3) is 0.545. The molecule has 2 N–H and O–H groups in total. The lowest BCUT2D eigenvalue weighted by Gasteiger charge is -2.30. The maximum Gasteiger partial charge on any atom is 0.242 e. The van der Waals surface area contributed by atoms with Crippen LogP contribution in [0.25, 0.3) is 0 Å². The van der Waals surface area contributed by atoms with Crippen molar-refractivity contribution in [3.05, 3.63) is 22.9 Å². The van der Waals surface area contributed by atoms with E-state index in [1.54, 1.807) is 12.3 Å². The number of rotatable bonds is 3. The molecule has 0 aromatic carbocycles. The zero-order chi connectivity index (χ0) is 13.2. The van der Waals surface area contributed by atoms with E-state index in [2.05, 4.69) is 31.0 Å². The second-order valence-electron chi connectivity index (χ2n) is 4.45. The van der Waals surface area contributed by atoms with E-state index in [4.69, 9.17) is 0 Å². The first-order valence-electron chi connectivity index (χ1n) is 5.85. The minimum Gasteiger partial charge on any atom is -0.313 e. The van der Waals surface area contributed by atoms with E-state index in [-0.39, 0.29) is 17.0 Å². The first kappa shape index (κ1) is 13.9. The molecule has 1 aliphatic heterocycles. The Hall–Kier alpha value is -0.500. The van der Waals surface area contributed by atoms with Crippen molar-refractivity contribution in [2.75, 3.05) is 6.54 Å². The van der Waals surface area contributed by atoms with Crippen LogP contribution in [-0.2, 0) is 10.0 Å². The average molecular weight is 334 g/mol. The summed E-state index contributed by atoms with van der Waals surface area (Å²) in [7, 11) is -3.50. The maximum atomic E-state index is 12.2. The van der Waals surface area contributed by atoms with Crippen LogP contribution in [0.15, 0.2) is 27.8 Å². The Morgan fingerprint density at radius 2 is 2.28 bits per heavy atom. The summed E-state index contributed by atoms with van der Waals surface area (Å²) in [4.78, 5) is 4.07. The van der Waals surface area contributed by atoms with E-state index in [0.717, 1.165) is 19.4 Å². The summed E-state index contributed by atoms with van der Waals surface area (Å²) in [6.07, 6.45) is 4.75. The van der Waals surface area contributed by atoms with Gasteiger partial charge in [0.05, 0.1) is 0 Å². The van der Waals surface area contributed by atoms with Crippen LogP contribution in [0, 0.1) is 0 Å². The smallest absolute Gasteiger partial charge is 0.242 e. The highest BCUT2D eigenvalue weighted by Gasteiger charge is 2.26. The molecule has 0 bridgehead atoms.